The monoisotopic (exact) mass is 322 g/mol. The van der Waals surface area contributed by atoms with Gasteiger partial charge in [-0.05, 0) is 18.2 Å². The quantitative estimate of drug-likeness (QED) is 0.705. The number of nitrogens with one attached hydrogen (secondary N) is 1. The number of amides is 1. The number of pyridine rings is 1. The second-order valence-corrected chi connectivity index (χ2v) is 5.30. The number of anilines is 1. The highest BCUT2D eigenvalue weighted by Gasteiger charge is 2.10. The van der Waals surface area contributed by atoms with E-state index in [0.717, 1.165) is 28.7 Å². The van der Waals surface area contributed by atoms with E-state index in [1.54, 1.807) is 18.3 Å². The zero-order valence-electron chi connectivity index (χ0n) is 13.3. The number of benzene rings is 1. The predicted molar refractivity (Wildman–Crippen MR) is 93.4 cm³/mol. The third kappa shape index (κ3) is 3.21. The SMILES string of the molecule is CCc1oc2ccccc2c1/C=C/C(=O)Nc1cnccc1CO. The van der Waals surface area contributed by atoms with Crippen LogP contribution < -0.4 is 5.32 Å². The van der Waals surface area contributed by atoms with Gasteiger partial charge in [-0.1, -0.05) is 25.1 Å². The number of carbonyl (C=O) groups is 1. The van der Waals surface area contributed by atoms with Crippen LogP contribution in [0, 0.1) is 0 Å². The van der Waals surface area contributed by atoms with E-state index in [9.17, 15) is 9.90 Å². The third-order valence-corrected chi connectivity index (χ3v) is 3.77. The summed E-state index contributed by atoms with van der Waals surface area (Å²) in [7, 11) is 0. The van der Waals surface area contributed by atoms with Gasteiger partial charge in [-0.25, -0.2) is 0 Å². The fraction of sp³-hybridized carbons (Fsp3) is 0.158. The van der Waals surface area contributed by atoms with Crippen molar-refractivity contribution in [1.82, 2.24) is 4.98 Å². The maximum atomic E-state index is 12.2. The van der Waals surface area contributed by atoms with Gasteiger partial charge in [0, 0.05) is 35.2 Å². The molecule has 3 rings (SSSR count). The lowest BCUT2D eigenvalue weighted by Crippen LogP contribution is -2.10. The number of aliphatic hydroxyl groups excluding tert-OH is 1. The van der Waals surface area contributed by atoms with Gasteiger partial charge >= 0.3 is 0 Å². The lowest BCUT2D eigenvalue weighted by molar-refractivity contribution is -0.111. The number of rotatable bonds is 5. The van der Waals surface area contributed by atoms with Crippen LogP contribution in [0.1, 0.15) is 23.8 Å². The summed E-state index contributed by atoms with van der Waals surface area (Å²) in [5.41, 5.74) is 2.85. The molecule has 0 spiro atoms. The Morgan fingerprint density at radius 1 is 1.33 bits per heavy atom. The van der Waals surface area contributed by atoms with Crippen LogP contribution in [0.5, 0.6) is 0 Å². The highest BCUT2D eigenvalue weighted by atomic mass is 16.3. The lowest BCUT2D eigenvalue weighted by Gasteiger charge is -2.06. The topological polar surface area (TPSA) is 75.4 Å². The number of hydrogen-bond acceptors (Lipinski definition) is 4. The van der Waals surface area contributed by atoms with Gasteiger partial charge < -0.3 is 14.8 Å². The Bertz CT molecular complexity index is 897. The van der Waals surface area contributed by atoms with Crippen molar-refractivity contribution < 1.29 is 14.3 Å². The predicted octanol–water partition coefficient (Wildman–Crippen LogP) is 3.53. The van der Waals surface area contributed by atoms with Gasteiger partial charge in [0.2, 0.25) is 5.91 Å². The molecule has 0 atom stereocenters. The van der Waals surface area contributed by atoms with Gasteiger partial charge in [-0.15, -0.1) is 0 Å². The van der Waals surface area contributed by atoms with E-state index in [1.165, 1.54) is 12.3 Å². The number of nitrogens with zero attached hydrogens (tertiary/aromatic N) is 1. The summed E-state index contributed by atoms with van der Waals surface area (Å²) in [5, 5.41) is 13.0. The first-order chi connectivity index (χ1) is 11.7. The van der Waals surface area contributed by atoms with Gasteiger partial charge in [-0.2, -0.15) is 0 Å². The van der Waals surface area contributed by atoms with Crippen LogP contribution in [0.15, 0.2) is 53.2 Å². The maximum Gasteiger partial charge on any atom is 0.248 e. The van der Waals surface area contributed by atoms with E-state index in [-0.39, 0.29) is 12.5 Å². The van der Waals surface area contributed by atoms with E-state index in [4.69, 9.17) is 4.42 Å². The molecule has 2 N–H and O–H groups in total. The van der Waals surface area contributed by atoms with Gasteiger partial charge in [0.05, 0.1) is 18.5 Å². The summed E-state index contributed by atoms with van der Waals surface area (Å²) < 4.78 is 5.81. The molecule has 122 valence electrons. The Balaban J connectivity index is 1.84. The number of aromatic nitrogens is 1. The standard InChI is InChI=1S/C19H18N2O3/c1-2-17-15(14-5-3-4-6-18(14)24-17)7-8-19(23)21-16-11-20-10-9-13(16)12-22/h3-11,22H,2,12H2,1H3,(H,21,23)/b8-7+. The van der Waals surface area contributed by atoms with Gasteiger partial charge in [-0.3, -0.25) is 9.78 Å². The Morgan fingerprint density at radius 3 is 2.96 bits per heavy atom. The van der Waals surface area contributed by atoms with Crippen molar-refractivity contribution in [3.63, 3.8) is 0 Å². The molecule has 3 aromatic rings. The van der Waals surface area contributed by atoms with Crippen molar-refractivity contribution in [2.75, 3.05) is 5.32 Å². The average molecular weight is 322 g/mol. The van der Waals surface area contributed by atoms with E-state index in [0.29, 0.717) is 11.3 Å². The van der Waals surface area contributed by atoms with Gasteiger partial charge in [0.1, 0.15) is 11.3 Å². The van der Waals surface area contributed by atoms with Crippen molar-refractivity contribution >= 4 is 28.6 Å². The van der Waals surface area contributed by atoms with Crippen LogP contribution in [-0.4, -0.2) is 16.0 Å². The molecule has 1 amide bonds. The number of hydrogen-bond donors (Lipinski definition) is 2. The maximum absolute atomic E-state index is 12.2. The molecule has 0 saturated heterocycles. The van der Waals surface area contributed by atoms with Crippen LogP contribution in [0.25, 0.3) is 17.0 Å². The first-order valence-corrected chi connectivity index (χ1v) is 7.76. The number of fused-ring (bicyclic) bond motifs is 1. The third-order valence-electron chi connectivity index (χ3n) is 3.77. The number of para-hydroxylation sites is 1. The van der Waals surface area contributed by atoms with Crippen molar-refractivity contribution in [2.24, 2.45) is 0 Å². The summed E-state index contributed by atoms with van der Waals surface area (Å²) >= 11 is 0. The summed E-state index contributed by atoms with van der Waals surface area (Å²) in [6.07, 6.45) is 7.05. The van der Waals surface area contributed by atoms with Gasteiger partial charge in [0.25, 0.3) is 0 Å². The molecule has 0 fully saturated rings. The first kappa shape index (κ1) is 16.0. The zero-order chi connectivity index (χ0) is 16.9. The Labute approximate surface area is 139 Å². The summed E-state index contributed by atoms with van der Waals surface area (Å²) in [5.74, 6) is 0.558. The Morgan fingerprint density at radius 2 is 2.17 bits per heavy atom. The second-order valence-electron chi connectivity index (χ2n) is 5.30. The average Bonchev–Trinajstić information content (AvgIpc) is 2.98. The van der Waals surface area contributed by atoms with Gasteiger partial charge in [0.15, 0.2) is 0 Å². The number of furan rings is 1. The van der Waals surface area contributed by atoms with E-state index in [2.05, 4.69) is 10.3 Å². The molecule has 2 heterocycles. The summed E-state index contributed by atoms with van der Waals surface area (Å²) in [4.78, 5) is 16.1. The fourth-order valence-corrected chi connectivity index (χ4v) is 2.57. The lowest BCUT2D eigenvalue weighted by atomic mass is 10.1. The Hall–Kier alpha value is -2.92. The highest BCUT2D eigenvalue weighted by molar-refractivity contribution is 6.03. The number of aliphatic hydroxyl groups is 1. The minimum atomic E-state index is -0.287. The number of carbonyl (C=O) groups excluding carboxylic acids is 1. The van der Waals surface area contributed by atoms with Crippen molar-refractivity contribution in [3.05, 3.63) is 65.7 Å². The van der Waals surface area contributed by atoms with Crippen LogP contribution in [0.4, 0.5) is 5.69 Å². The van der Waals surface area contributed by atoms with Crippen molar-refractivity contribution in [3.8, 4) is 0 Å². The summed E-state index contributed by atoms with van der Waals surface area (Å²) in [6, 6.07) is 9.41. The minimum absolute atomic E-state index is 0.159. The molecule has 0 radical (unpaired) electrons. The molecule has 5 nitrogen and oxygen atoms in total. The molecule has 0 aliphatic heterocycles. The molecule has 1 aromatic carbocycles. The zero-order valence-corrected chi connectivity index (χ0v) is 13.3. The molecule has 0 aliphatic carbocycles. The van der Waals surface area contributed by atoms with E-state index >= 15 is 0 Å². The second kappa shape index (κ2) is 7.10. The number of aryl methyl sites for hydroxylation is 1. The fourth-order valence-electron chi connectivity index (χ4n) is 2.57. The smallest absolute Gasteiger partial charge is 0.248 e. The normalized spacial score (nSPS) is 11.2. The molecule has 5 heteroatoms. The Kier molecular flexibility index (Phi) is 4.72. The van der Waals surface area contributed by atoms with Crippen LogP contribution in [0.2, 0.25) is 0 Å². The molecular formula is C19H18N2O3. The molecular weight excluding hydrogens is 304 g/mol. The molecule has 2 aromatic heterocycles. The summed E-state index contributed by atoms with van der Waals surface area (Å²) in [6.45, 7) is 1.85. The van der Waals surface area contributed by atoms with Crippen LogP contribution in [0.3, 0.4) is 0 Å². The van der Waals surface area contributed by atoms with Crippen LogP contribution in [-0.2, 0) is 17.8 Å². The molecule has 0 saturated carbocycles. The molecule has 0 unspecified atom stereocenters. The van der Waals surface area contributed by atoms with Crippen LogP contribution >= 0.6 is 0 Å². The highest BCUT2D eigenvalue weighted by Crippen LogP contribution is 2.27. The van der Waals surface area contributed by atoms with E-state index in [1.807, 2.05) is 31.2 Å². The van der Waals surface area contributed by atoms with Crippen molar-refractivity contribution in [1.29, 1.82) is 0 Å². The minimum Gasteiger partial charge on any atom is -0.460 e. The van der Waals surface area contributed by atoms with Crippen molar-refractivity contribution in [2.45, 2.75) is 20.0 Å². The first-order valence-electron chi connectivity index (χ1n) is 7.76. The molecule has 0 aliphatic rings. The van der Waals surface area contributed by atoms with E-state index < -0.39 is 0 Å². The largest absolute Gasteiger partial charge is 0.460 e. The molecule has 0 bridgehead atoms. The molecule has 24 heavy (non-hydrogen) atoms.